The monoisotopic (exact) mass is 394 g/mol. The Kier molecular flexibility index (Phi) is 8.00. The fraction of sp³-hybridized carbons (Fsp3) is 0.385. The van der Waals surface area contributed by atoms with E-state index in [0.717, 1.165) is 23.3 Å². The summed E-state index contributed by atoms with van der Waals surface area (Å²) in [6, 6.07) is 8.83. The summed E-state index contributed by atoms with van der Waals surface area (Å²) < 4.78 is 5.82. The van der Waals surface area contributed by atoms with Crippen LogP contribution in [-0.4, -0.2) is 12.9 Å². The molecule has 0 saturated heterocycles. The summed E-state index contributed by atoms with van der Waals surface area (Å²) in [4.78, 5) is 1.30. The summed E-state index contributed by atoms with van der Waals surface area (Å²) in [5.74, 6) is 1.48. The standard InChI is InChI=1S/C26H34OS/c1-17(2)12-24(23-10-9-11-25(15-23)28-8)14-18(3)13-19(4)26-21(6)20(5)16-27-22(26)7/h9-13,15,17H,4,14,16H2,1-3,5-8H3/b18-13-,24-12+. The van der Waals surface area contributed by atoms with Gasteiger partial charge in [-0.15, -0.1) is 11.8 Å². The molecule has 1 aromatic rings. The molecule has 2 heteroatoms. The number of hydrogen-bond acceptors (Lipinski definition) is 2. The van der Waals surface area contributed by atoms with Gasteiger partial charge in [0.1, 0.15) is 12.4 Å². The molecule has 0 spiro atoms. The van der Waals surface area contributed by atoms with E-state index in [9.17, 15) is 0 Å². The highest BCUT2D eigenvalue weighted by molar-refractivity contribution is 7.98. The molecule has 0 saturated carbocycles. The largest absolute Gasteiger partial charge is 0.493 e. The van der Waals surface area contributed by atoms with Gasteiger partial charge in [-0.05, 0) is 86.3 Å². The van der Waals surface area contributed by atoms with Crippen LogP contribution < -0.4 is 0 Å². The van der Waals surface area contributed by atoms with Crippen molar-refractivity contribution < 1.29 is 4.74 Å². The summed E-state index contributed by atoms with van der Waals surface area (Å²) in [6.07, 6.45) is 7.64. The molecule has 0 amide bonds. The molecule has 1 heterocycles. The minimum Gasteiger partial charge on any atom is -0.493 e. The molecule has 0 unspecified atom stereocenters. The second-order valence-electron chi connectivity index (χ2n) is 7.99. The lowest BCUT2D eigenvalue weighted by molar-refractivity contribution is 0.232. The Labute approximate surface area is 176 Å². The summed E-state index contributed by atoms with van der Waals surface area (Å²) in [6.45, 7) is 18.0. The predicted octanol–water partition coefficient (Wildman–Crippen LogP) is 7.98. The van der Waals surface area contributed by atoms with E-state index in [-0.39, 0.29) is 0 Å². The van der Waals surface area contributed by atoms with Crippen LogP contribution in [-0.2, 0) is 4.74 Å². The molecule has 2 rings (SSSR count). The van der Waals surface area contributed by atoms with E-state index in [2.05, 4.69) is 83.9 Å². The van der Waals surface area contributed by atoms with Crippen molar-refractivity contribution in [3.8, 4) is 0 Å². The molecule has 0 radical (unpaired) electrons. The van der Waals surface area contributed by atoms with Crippen molar-refractivity contribution >= 4 is 17.3 Å². The average molecular weight is 395 g/mol. The zero-order chi connectivity index (χ0) is 20.8. The van der Waals surface area contributed by atoms with Crippen molar-refractivity contribution in [2.24, 2.45) is 5.92 Å². The molecule has 0 bridgehead atoms. The van der Waals surface area contributed by atoms with E-state index in [1.54, 1.807) is 11.8 Å². The van der Waals surface area contributed by atoms with E-state index in [1.807, 2.05) is 6.92 Å². The van der Waals surface area contributed by atoms with Gasteiger partial charge in [0.2, 0.25) is 0 Å². The maximum Gasteiger partial charge on any atom is 0.109 e. The highest BCUT2D eigenvalue weighted by Crippen LogP contribution is 2.32. The first-order chi connectivity index (χ1) is 13.2. The van der Waals surface area contributed by atoms with Gasteiger partial charge in [0.15, 0.2) is 0 Å². The first kappa shape index (κ1) is 22.4. The highest BCUT2D eigenvalue weighted by atomic mass is 32.2. The van der Waals surface area contributed by atoms with E-state index in [1.165, 1.54) is 32.8 Å². The molecule has 0 fully saturated rings. The third-order valence-electron chi connectivity index (χ3n) is 5.06. The molecule has 1 aliphatic heterocycles. The lowest BCUT2D eigenvalue weighted by atomic mass is 9.90. The Balaban J connectivity index is 2.30. The van der Waals surface area contributed by atoms with E-state index in [4.69, 9.17) is 4.74 Å². The van der Waals surface area contributed by atoms with Crippen molar-refractivity contribution in [3.05, 3.63) is 82.2 Å². The van der Waals surface area contributed by atoms with Crippen molar-refractivity contribution in [2.75, 3.05) is 12.9 Å². The molecule has 0 N–H and O–H groups in total. The van der Waals surface area contributed by atoms with Gasteiger partial charge >= 0.3 is 0 Å². The van der Waals surface area contributed by atoms with Crippen LogP contribution in [0.2, 0.25) is 0 Å². The first-order valence-corrected chi connectivity index (χ1v) is 11.2. The molecule has 0 atom stereocenters. The van der Waals surface area contributed by atoms with E-state index < -0.39 is 0 Å². The summed E-state index contributed by atoms with van der Waals surface area (Å²) in [5.41, 5.74) is 8.76. The summed E-state index contributed by atoms with van der Waals surface area (Å²) in [7, 11) is 0. The second kappa shape index (κ2) is 10.0. The smallest absolute Gasteiger partial charge is 0.109 e. The second-order valence-corrected chi connectivity index (χ2v) is 8.87. The summed E-state index contributed by atoms with van der Waals surface area (Å²) in [5, 5.41) is 0. The van der Waals surface area contributed by atoms with Crippen LogP contribution in [0.5, 0.6) is 0 Å². The number of rotatable bonds is 7. The van der Waals surface area contributed by atoms with Crippen molar-refractivity contribution in [3.63, 3.8) is 0 Å². The SMILES string of the molecule is C=C(/C=C(/C)C/C(=C\C(C)C)c1cccc(SC)c1)C1=C(C)OCC(C)=C1C. The van der Waals surface area contributed by atoms with E-state index in [0.29, 0.717) is 12.5 Å². The first-order valence-electron chi connectivity index (χ1n) is 9.94. The van der Waals surface area contributed by atoms with Gasteiger partial charge in [-0.2, -0.15) is 0 Å². The fourth-order valence-electron chi connectivity index (χ4n) is 3.54. The Bertz CT molecular complexity index is 862. The third kappa shape index (κ3) is 5.78. The highest BCUT2D eigenvalue weighted by Gasteiger charge is 2.17. The molecular formula is C26H34OS. The Morgan fingerprint density at radius 3 is 2.61 bits per heavy atom. The van der Waals surface area contributed by atoms with Crippen LogP contribution in [0.3, 0.4) is 0 Å². The van der Waals surface area contributed by atoms with Gasteiger partial charge in [0.05, 0.1) is 0 Å². The van der Waals surface area contributed by atoms with Gasteiger partial charge < -0.3 is 4.74 Å². The number of thioether (sulfide) groups is 1. The van der Waals surface area contributed by atoms with Crippen LogP contribution in [0, 0.1) is 5.92 Å². The molecule has 150 valence electrons. The maximum absolute atomic E-state index is 5.82. The third-order valence-corrected chi connectivity index (χ3v) is 5.78. The maximum atomic E-state index is 5.82. The molecule has 0 aromatic heterocycles. The van der Waals surface area contributed by atoms with Crippen LogP contribution in [0.4, 0.5) is 0 Å². The van der Waals surface area contributed by atoms with Gasteiger partial charge in [0.25, 0.3) is 0 Å². The molecule has 28 heavy (non-hydrogen) atoms. The average Bonchev–Trinajstić information content (AvgIpc) is 2.64. The van der Waals surface area contributed by atoms with Gasteiger partial charge in [0, 0.05) is 10.5 Å². The van der Waals surface area contributed by atoms with Gasteiger partial charge in [-0.3, -0.25) is 0 Å². The Morgan fingerprint density at radius 2 is 1.96 bits per heavy atom. The Morgan fingerprint density at radius 1 is 1.25 bits per heavy atom. The Hall–Kier alpha value is -1.93. The van der Waals surface area contributed by atoms with E-state index >= 15 is 0 Å². The van der Waals surface area contributed by atoms with Crippen LogP contribution in [0.25, 0.3) is 5.57 Å². The molecule has 1 aromatic carbocycles. The van der Waals surface area contributed by atoms with Gasteiger partial charge in [-0.25, -0.2) is 0 Å². The van der Waals surface area contributed by atoms with Crippen molar-refractivity contribution in [1.29, 1.82) is 0 Å². The van der Waals surface area contributed by atoms with Crippen molar-refractivity contribution in [2.45, 2.75) is 52.9 Å². The number of hydrogen-bond donors (Lipinski definition) is 0. The summed E-state index contributed by atoms with van der Waals surface area (Å²) >= 11 is 1.79. The number of allylic oxidation sites excluding steroid dienone is 8. The molecule has 1 aliphatic rings. The zero-order valence-corrected chi connectivity index (χ0v) is 19.3. The van der Waals surface area contributed by atoms with Crippen LogP contribution in [0.15, 0.2) is 81.5 Å². The van der Waals surface area contributed by atoms with Crippen LogP contribution >= 0.6 is 11.8 Å². The van der Waals surface area contributed by atoms with Crippen molar-refractivity contribution in [1.82, 2.24) is 0 Å². The van der Waals surface area contributed by atoms with Crippen LogP contribution in [0.1, 0.15) is 53.5 Å². The fourth-order valence-corrected chi connectivity index (χ4v) is 4.00. The molecule has 1 nitrogen and oxygen atoms in total. The lowest BCUT2D eigenvalue weighted by Gasteiger charge is -2.23. The molecule has 0 aliphatic carbocycles. The number of benzene rings is 1. The predicted molar refractivity (Wildman–Crippen MR) is 126 cm³/mol. The topological polar surface area (TPSA) is 9.23 Å². The quantitative estimate of drug-likeness (QED) is 0.342. The normalized spacial score (nSPS) is 16.0. The van der Waals surface area contributed by atoms with Gasteiger partial charge in [-0.1, -0.05) is 50.3 Å². The lowest BCUT2D eigenvalue weighted by Crippen LogP contribution is -2.09. The number of ether oxygens (including phenoxy) is 1. The minimum absolute atomic E-state index is 0.508. The zero-order valence-electron chi connectivity index (χ0n) is 18.5. The minimum atomic E-state index is 0.508. The molecular weight excluding hydrogens is 360 g/mol.